The predicted molar refractivity (Wildman–Crippen MR) is 81.1 cm³/mol. The number of nitrogens with one attached hydrogen (secondary N) is 1. The van der Waals surface area contributed by atoms with Crippen LogP contribution < -0.4 is 5.32 Å². The molecule has 2 heterocycles. The first kappa shape index (κ1) is 16.4. The predicted octanol–water partition coefficient (Wildman–Crippen LogP) is 1.64. The molecule has 1 saturated heterocycles. The van der Waals surface area contributed by atoms with Gasteiger partial charge in [0.15, 0.2) is 5.82 Å². The molecule has 1 N–H and O–H groups in total. The Bertz CT molecular complexity index is 400. The minimum atomic E-state index is 0.301. The maximum atomic E-state index is 5.26. The summed E-state index contributed by atoms with van der Waals surface area (Å²) in [5, 5.41) is 7.52. The zero-order chi connectivity index (χ0) is 15.1. The first-order valence-electron chi connectivity index (χ1n) is 7.93. The fourth-order valence-corrected chi connectivity index (χ4v) is 2.60. The fourth-order valence-electron chi connectivity index (χ4n) is 2.60. The van der Waals surface area contributed by atoms with Crippen LogP contribution in [-0.4, -0.2) is 54.9 Å². The lowest BCUT2D eigenvalue weighted by Gasteiger charge is -2.31. The van der Waals surface area contributed by atoms with Gasteiger partial charge in [0.1, 0.15) is 0 Å². The van der Waals surface area contributed by atoms with Gasteiger partial charge in [-0.1, -0.05) is 19.0 Å². The molecule has 0 radical (unpaired) electrons. The smallest absolute Gasteiger partial charge is 0.229 e. The highest BCUT2D eigenvalue weighted by Gasteiger charge is 2.20. The van der Waals surface area contributed by atoms with Gasteiger partial charge in [-0.2, -0.15) is 4.98 Å². The van der Waals surface area contributed by atoms with Gasteiger partial charge in [-0.3, -0.25) is 4.90 Å². The van der Waals surface area contributed by atoms with Crippen molar-refractivity contribution in [2.75, 3.05) is 39.9 Å². The lowest BCUT2D eigenvalue weighted by atomic mass is 9.97. The summed E-state index contributed by atoms with van der Waals surface area (Å²) in [7, 11) is 1.74. The molecule has 1 aliphatic heterocycles. The van der Waals surface area contributed by atoms with Crippen molar-refractivity contribution in [3.63, 3.8) is 0 Å². The Hall–Kier alpha value is -0.980. The minimum absolute atomic E-state index is 0.301. The molecule has 6 heteroatoms. The summed E-state index contributed by atoms with van der Waals surface area (Å²) in [6.45, 7) is 9.99. The van der Waals surface area contributed by atoms with Gasteiger partial charge in [-0.25, -0.2) is 0 Å². The van der Waals surface area contributed by atoms with Crippen LogP contribution in [0.4, 0.5) is 0 Å². The monoisotopic (exact) mass is 296 g/mol. The summed E-state index contributed by atoms with van der Waals surface area (Å²) in [5.74, 6) is 2.63. The maximum absolute atomic E-state index is 5.26. The minimum Gasteiger partial charge on any atom is -0.383 e. The van der Waals surface area contributed by atoms with Crippen LogP contribution in [0.2, 0.25) is 0 Å². The van der Waals surface area contributed by atoms with Crippen molar-refractivity contribution >= 4 is 0 Å². The van der Waals surface area contributed by atoms with E-state index < -0.39 is 0 Å². The van der Waals surface area contributed by atoms with Crippen LogP contribution >= 0.6 is 0 Å². The van der Waals surface area contributed by atoms with Crippen molar-refractivity contribution in [1.82, 2.24) is 20.4 Å². The Morgan fingerprint density at radius 2 is 2.14 bits per heavy atom. The van der Waals surface area contributed by atoms with Gasteiger partial charge in [0.2, 0.25) is 5.89 Å². The quantitative estimate of drug-likeness (QED) is 0.736. The zero-order valence-electron chi connectivity index (χ0n) is 13.5. The molecule has 1 aromatic rings. The Morgan fingerprint density at radius 3 is 2.76 bits per heavy atom. The van der Waals surface area contributed by atoms with E-state index in [1.165, 1.54) is 12.8 Å². The number of piperidine rings is 1. The van der Waals surface area contributed by atoms with Crippen LogP contribution in [0.25, 0.3) is 0 Å². The van der Waals surface area contributed by atoms with E-state index in [2.05, 4.69) is 34.2 Å². The van der Waals surface area contributed by atoms with E-state index in [-0.39, 0.29) is 0 Å². The highest BCUT2D eigenvalue weighted by atomic mass is 16.5. The Balaban J connectivity index is 1.66. The average Bonchev–Trinajstić information content (AvgIpc) is 2.94. The molecule has 21 heavy (non-hydrogen) atoms. The molecule has 0 spiro atoms. The second-order valence-corrected chi connectivity index (χ2v) is 6.12. The number of aromatic nitrogens is 2. The molecule has 0 aromatic carbocycles. The first-order chi connectivity index (χ1) is 10.2. The largest absolute Gasteiger partial charge is 0.383 e. The summed E-state index contributed by atoms with van der Waals surface area (Å²) in [5.41, 5.74) is 0. The molecule has 1 fully saturated rings. The number of ether oxygens (including phenoxy) is 1. The van der Waals surface area contributed by atoms with Crippen LogP contribution in [0.5, 0.6) is 0 Å². The second-order valence-electron chi connectivity index (χ2n) is 6.12. The van der Waals surface area contributed by atoms with E-state index in [9.17, 15) is 0 Å². The number of nitrogens with zero attached hydrogens (tertiary/aromatic N) is 3. The molecular weight excluding hydrogens is 268 g/mol. The van der Waals surface area contributed by atoms with Crippen LogP contribution in [0, 0.1) is 5.92 Å². The molecule has 0 atom stereocenters. The third-order valence-corrected chi connectivity index (χ3v) is 3.97. The molecule has 6 nitrogen and oxygen atoms in total. The number of hydrogen-bond donors (Lipinski definition) is 1. The van der Waals surface area contributed by atoms with Crippen molar-refractivity contribution in [1.29, 1.82) is 0 Å². The average molecular weight is 296 g/mol. The summed E-state index contributed by atoms with van der Waals surface area (Å²) >= 11 is 0. The molecule has 0 saturated carbocycles. The SMILES string of the molecule is COCCNCC1CCN(Cc2noc(C(C)C)n2)CC1. The lowest BCUT2D eigenvalue weighted by molar-refractivity contribution is 0.164. The molecular formula is C15H28N4O2. The topological polar surface area (TPSA) is 63.4 Å². The van der Waals surface area contributed by atoms with E-state index >= 15 is 0 Å². The molecule has 0 unspecified atom stereocenters. The van der Waals surface area contributed by atoms with E-state index in [1.807, 2.05) is 0 Å². The van der Waals surface area contributed by atoms with Crippen molar-refractivity contribution in [3.05, 3.63) is 11.7 Å². The van der Waals surface area contributed by atoms with Crippen molar-refractivity contribution in [2.24, 2.45) is 5.92 Å². The summed E-state index contributed by atoms with van der Waals surface area (Å²) < 4.78 is 10.3. The highest BCUT2D eigenvalue weighted by Crippen LogP contribution is 2.18. The van der Waals surface area contributed by atoms with E-state index in [0.717, 1.165) is 57.0 Å². The summed E-state index contributed by atoms with van der Waals surface area (Å²) in [6, 6.07) is 0. The molecule has 0 aliphatic carbocycles. The normalized spacial score (nSPS) is 17.7. The number of rotatable bonds is 8. The lowest BCUT2D eigenvalue weighted by Crippen LogP contribution is -2.37. The van der Waals surface area contributed by atoms with E-state index in [1.54, 1.807) is 7.11 Å². The summed E-state index contributed by atoms with van der Waals surface area (Å²) in [6.07, 6.45) is 2.46. The molecule has 1 aromatic heterocycles. The van der Waals surface area contributed by atoms with E-state index in [4.69, 9.17) is 9.26 Å². The molecule has 0 bridgehead atoms. The van der Waals surface area contributed by atoms with Gasteiger partial charge in [0.05, 0.1) is 13.2 Å². The van der Waals surface area contributed by atoms with Crippen LogP contribution in [0.3, 0.4) is 0 Å². The van der Waals surface area contributed by atoms with Crippen molar-refractivity contribution in [2.45, 2.75) is 39.2 Å². The van der Waals surface area contributed by atoms with Gasteiger partial charge in [-0.15, -0.1) is 0 Å². The number of methoxy groups -OCH3 is 1. The molecule has 120 valence electrons. The van der Waals surface area contributed by atoms with Crippen LogP contribution in [0.15, 0.2) is 4.52 Å². The molecule has 0 amide bonds. The Morgan fingerprint density at radius 1 is 1.38 bits per heavy atom. The Kier molecular flexibility index (Phi) is 6.60. The summed E-state index contributed by atoms with van der Waals surface area (Å²) in [4.78, 5) is 6.86. The third kappa shape index (κ3) is 5.37. The number of hydrogen-bond acceptors (Lipinski definition) is 6. The van der Waals surface area contributed by atoms with Crippen molar-refractivity contribution < 1.29 is 9.26 Å². The van der Waals surface area contributed by atoms with E-state index in [0.29, 0.717) is 5.92 Å². The molecule has 2 rings (SSSR count). The van der Waals surface area contributed by atoms with Gasteiger partial charge in [0, 0.05) is 19.6 Å². The van der Waals surface area contributed by atoms with Gasteiger partial charge < -0.3 is 14.6 Å². The van der Waals surface area contributed by atoms with Gasteiger partial charge in [-0.05, 0) is 38.4 Å². The zero-order valence-corrected chi connectivity index (χ0v) is 13.5. The third-order valence-electron chi connectivity index (χ3n) is 3.97. The second kappa shape index (κ2) is 8.46. The number of likely N-dealkylation sites (tertiary alicyclic amines) is 1. The van der Waals surface area contributed by atoms with Gasteiger partial charge in [0.25, 0.3) is 0 Å². The fraction of sp³-hybridized carbons (Fsp3) is 0.867. The van der Waals surface area contributed by atoms with Crippen LogP contribution in [0.1, 0.15) is 44.3 Å². The standard InChI is InChI=1S/C15H28N4O2/c1-12(2)15-17-14(18-21-15)11-19-7-4-13(5-8-19)10-16-6-9-20-3/h12-13,16H,4-11H2,1-3H3. The Labute approximate surface area is 127 Å². The first-order valence-corrected chi connectivity index (χ1v) is 7.93. The van der Waals surface area contributed by atoms with Gasteiger partial charge >= 0.3 is 0 Å². The van der Waals surface area contributed by atoms with Crippen LogP contribution in [-0.2, 0) is 11.3 Å². The molecule has 1 aliphatic rings. The van der Waals surface area contributed by atoms with Crippen molar-refractivity contribution in [3.8, 4) is 0 Å². The maximum Gasteiger partial charge on any atom is 0.229 e. The highest BCUT2D eigenvalue weighted by molar-refractivity contribution is 4.91.